The molecule has 1 aromatic carbocycles. The van der Waals surface area contributed by atoms with Crippen molar-refractivity contribution in [2.75, 3.05) is 11.9 Å². The first kappa shape index (κ1) is 15.2. The summed E-state index contributed by atoms with van der Waals surface area (Å²) in [5, 5.41) is 10.1. The number of hydrogen-bond donors (Lipinski definition) is 1. The number of hydrogen-bond acceptors (Lipinski definition) is 5. The largest absolute Gasteiger partial charge is 0.462 e. The lowest BCUT2D eigenvalue weighted by atomic mass is 10.2. The van der Waals surface area contributed by atoms with Crippen LogP contribution in [0.2, 0.25) is 0 Å². The van der Waals surface area contributed by atoms with E-state index >= 15 is 0 Å². The van der Waals surface area contributed by atoms with Crippen LogP contribution in [0.1, 0.15) is 17.3 Å². The first-order chi connectivity index (χ1) is 10.1. The van der Waals surface area contributed by atoms with Gasteiger partial charge in [-0.2, -0.15) is 0 Å². The van der Waals surface area contributed by atoms with Gasteiger partial charge in [0.15, 0.2) is 0 Å². The molecule has 0 fully saturated rings. The molecule has 1 amide bonds. The SMILES string of the molecule is CCOC(=O)c1ccc(NC(=O)Cn2ccnn2)c(Br)c1. The van der Waals surface area contributed by atoms with E-state index in [1.54, 1.807) is 31.3 Å². The van der Waals surface area contributed by atoms with Gasteiger partial charge in [-0.3, -0.25) is 4.79 Å². The highest BCUT2D eigenvalue weighted by Gasteiger charge is 2.11. The highest BCUT2D eigenvalue weighted by Crippen LogP contribution is 2.24. The Hall–Kier alpha value is -2.22. The van der Waals surface area contributed by atoms with Crippen molar-refractivity contribution in [3.05, 3.63) is 40.6 Å². The Kier molecular flexibility index (Phi) is 5.04. The molecule has 1 N–H and O–H groups in total. The molecule has 0 radical (unpaired) electrons. The number of anilines is 1. The van der Waals surface area contributed by atoms with Crippen LogP contribution < -0.4 is 5.32 Å². The number of benzene rings is 1. The Morgan fingerprint density at radius 2 is 2.24 bits per heavy atom. The van der Waals surface area contributed by atoms with Gasteiger partial charge < -0.3 is 10.1 Å². The van der Waals surface area contributed by atoms with Crippen LogP contribution in [-0.4, -0.2) is 33.5 Å². The predicted octanol–water partition coefficient (Wildman–Crippen LogP) is 1.86. The van der Waals surface area contributed by atoms with Crippen molar-refractivity contribution < 1.29 is 14.3 Å². The number of aromatic nitrogens is 3. The van der Waals surface area contributed by atoms with Gasteiger partial charge in [0.2, 0.25) is 5.91 Å². The Labute approximate surface area is 129 Å². The third kappa shape index (κ3) is 4.12. The molecule has 110 valence electrons. The molecule has 2 rings (SSSR count). The number of ether oxygens (including phenoxy) is 1. The Bertz CT molecular complexity index is 643. The van der Waals surface area contributed by atoms with Gasteiger partial charge in [0.05, 0.1) is 24.1 Å². The van der Waals surface area contributed by atoms with Crippen LogP contribution in [-0.2, 0) is 16.1 Å². The molecule has 0 unspecified atom stereocenters. The van der Waals surface area contributed by atoms with Gasteiger partial charge in [-0.1, -0.05) is 5.21 Å². The number of carbonyl (C=O) groups excluding carboxylic acids is 2. The van der Waals surface area contributed by atoms with E-state index in [1.165, 1.54) is 10.9 Å². The lowest BCUT2D eigenvalue weighted by Gasteiger charge is -2.09. The van der Waals surface area contributed by atoms with Crippen LogP contribution in [0.3, 0.4) is 0 Å². The topological polar surface area (TPSA) is 86.1 Å². The predicted molar refractivity (Wildman–Crippen MR) is 78.8 cm³/mol. The van der Waals surface area contributed by atoms with E-state index in [9.17, 15) is 9.59 Å². The van der Waals surface area contributed by atoms with Crippen molar-refractivity contribution in [3.63, 3.8) is 0 Å². The fourth-order valence-electron chi connectivity index (χ4n) is 1.61. The van der Waals surface area contributed by atoms with E-state index in [0.717, 1.165) is 0 Å². The minimum absolute atomic E-state index is 0.0616. The summed E-state index contributed by atoms with van der Waals surface area (Å²) >= 11 is 3.32. The van der Waals surface area contributed by atoms with Crippen molar-refractivity contribution in [2.45, 2.75) is 13.5 Å². The molecule has 0 saturated carbocycles. The van der Waals surface area contributed by atoms with Crippen molar-refractivity contribution >= 4 is 33.5 Å². The van der Waals surface area contributed by atoms with E-state index < -0.39 is 5.97 Å². The molecule has 7 nitrogen and oxygen atoms in total. The summed E-state index contributed by atoms with van der Waals surface area (Å²) in [7, 11) is 0. The highest BCUT2D eigenvalue weighted by atomic mass is 79.9. The third-order valence-corrected chi connectivity index (χ3v) is 3.19. The van der Waals surface area contributed by atoms with E-state index in [2.05, 4.69) is 31.6 Å². The number of carbonyl (C=O) groups is 2. The zero-order valence-electron chi connectivity index (χ0n) is 11.2. The zero-order valence-corrected chi connectivity index (χ0v) is 12.8. The summed E-state index contributed by atoms with van der Waals surface area (Å²) in [6, 6.07) is 4.83. The number of esters is 1. The molecule has 0 aliphatic heterocycles. The molecule has 21 heavy (non-hydrogen) atoms. The third-order valence-electron chi connectivity index (χ3n) is 2.53. The van der Waals surface area contributed by atoms with Crippen molar-refractivity contribution in [2.24, 2.45) is 0 Å². The second kappa shape index (κ2) is 6.98. The summed E-state index contributed by atoms with van der Waals surface area (Å²) in [6.45, 7) is 2.12. The summed E-state index contributed by atoms with van der Waals surface area (Å²) in [4.78, 5) is 23.4. The Balaban J connectivity index is 2.03. The van der Waals surface area contributed by atoms with Gasteiger partial charge in [-0.25, -0.2) is 9.48 Å². The standard InChI is InChI=1S/C13H13BrN4O3/c1-2-21-13(20)9-3-4-11(10(14)7-9)16-12(19)8-18-6-5-15-17-18/h3-7H,2,8H2,1H3,(H,16,19). The molecule has 0 spiro atoms. The molecule has 0 saturated heterocycles. The monoisotopic (exact) mass is 352 g/mol. The second-order valence-corrected chi connectivity index (χ2v) is 4.92. The summed E-state index contributed by atoms with van der Waals surface area (Å²) < 4.78 is 6.92. The number of nitrogens with zero attached hydrogens (tertiary/aromatic N) is 3. The lowest BCUT2D eigenvalue weighted by molar-refractivity contribution is -0.116. The smallest absolute Gasteiger partial charge is 0.338 e. The summed E-state index contributed by atoms with van der Waals surface area (Å²) in [6.07, 6.45) is 3.09. The lowest BCUT2D eigenvalue weighted by Crippen LogP contribution is -2.19. The molecule has 2 aromatic rings. The van der Waals surface area contributed by atoms with Gasteiger partial charge in [0.25, 0.3) is 0 Å². The van der Waals surface area contributed by atoms with Gasteiger partial charge in [0, 0.05) is 10.7 Å². The summed E-state index contributed by atoms with van der Waals surface area (Å²) in [5.74, 6) is -0.649. The average molecular weight is 353 g/mol. The maximum atomic E-state index is 11.8. The fourth-order valence-corrected chi connectivity index (χ4v) is 2.09. The first-order valence-electron chi connectivity index (χ1n) is 6.20. The quantitative estimate of drug-likeness (QED) is 0.830. The molecule has 0 bridgehead atoms. The van der Waals surface area contributed by atoms with Gasteiger partial charge >= 0.3 is 5.97 Å². The van der Waals surface area contributed by atoms with E-state index in [4.69, 9.17) is 4.74 Å². The van der Waals surface area contributed by atoms with Gasteiger partial charge in [0.1, 0.15) is 6.54 Å². The van der Waals surface area contributed by atoms with Crippen molar-refractivity contribution in [1.82, 2.24) is 15.0 Å². The minimum Gasteiger partial charge on any atom is -0.462 e. The zero-order chi connectivity index (χ0) is 15.2. The van der Waals surface area contributed by atoms with E-state index in [1.807, 2.05) is 0 Å². The number of nitrogens with one attached hydrogen (secondary N) is 1. The molecule has 8 heteroatoms. The fraction of sp³-hybridized carbons (Fsp3) is 0.231. The van der Waals surface area contributed by atoms with Crippen LogP contribution >= 0.6 is 15.9 Å². The van der Waals surface area contributed by atoms with Crippen LogP contribution in [0.25, 0.3) is 0 Å². The van der Waals surface area contributed by atoms with Crippen LogP contribution in [0.15, 0.2) is 35.1 Å². The van der Waals surface area contributed by atoms with Crippen LogP contribution in [0.4, 0.5) is 5.69 Å². The Morgan fingerprint density at radius 1 is 1.43 bits per heavy atom. The van der Waals surface area contributed by atoms with Gasteiger partial charge in [-0.15, -0.1) is 5.10 Å². The summed E-state index contributed by atoms with van der Waals surface area (Å²) in [5.41, 5.74) is 0.978. The highest BCUT2D eigenvalue weighted by molar-refractivity contribution is 9.10. The van der Waals surface area contributed by atoms with E-state index in [-0.39, 0.29) is 12.5 Å². The second-order valence-electron chi connectivity index (χ2n) is 4.06. The normalized spacial score (nSPS) is 10.2. The van der Waals surface area contributed by atoms with Gasteiger partial charge in [-0.05, 0) is 41.1 Å². The number of amides is 1. The molecule has 1 aromatic heterocycles. The molecular weight excluding hydrogens is 340 g/mol. The maximum absolute atomic E-state index is 11.8. The van der Waals surface area contributed by atoms with Crippen molar-refractivity contribution in [3.8, 4) is 0 Å². The molecular formula is C13H13BrN4O3. The molecule has 1 heterocycles. The molecule has 0 atom stereocenters. The maximum Gasteiger partial charge on any atom is 0.338 e. The minimum atomic E-state index is -0.404. The number of rotatable bonds is 5. The van der Waals surface area contributed by atoms with Crippen molar-refractivity contribution in [1.29, 1.82) is 0 Å². The molecule has 0 aliphatic rings. The van der Waals surface area contributed by atoms with Crippen LogP contribution in [0, 0.1) is 0 Å². The average Bonchev–Trinajstić information content (AvgIpc) is 2.94. The first-order valence-corrected chi connectivity index (χ1v) is 7.00. The number of halogens is 1. The van der Waals surface area contributed by atoms with E-state index in [0.29, 0.717) is 22.3 Å². The Morgan fingerprint density at radius 3 is 2.86 bits per heavy atom. The molecule has 0 aliphatic carbocycles. The van der Waals surface area contributed by atoms with Crippen LogP contribution in [0.5, 0.6) is 0 Å².